The zero-order valence-electron chi connectivity index (χ0n) is 16.0. The van der Waals surface area contributed by atoms with Crippen LogP contribution in [0.2, 0.25) is 0 Å². The molecule has 0 N–H and O–H groups in total. The zero-order valence-corrected chi connectivity index (χ0v) is 16.0. The van der Waals surface area contributed by atoms with Crippen LogP contribution in [0.25, 0.3) is 0 Å². The molecule has 1 aliphatic heterocycles. The molecule has 5 heteroatoms. The van der Waals surface area contributed by atoms with Crippen LogP contribution in [0.3, 0.4) is 0 Å². The molecular weight excluding hydrogens is 340 g/mol. The van der Waals surface area contributed by atoms with Crippen LogP contribution in [0, 0.1) is 0 Å². The van der Waals surface area contributed by atoms with Crippen molar-refractivity contribution in [1.29, 1.82) is 0 Å². The molecule has 1 amide bonds. The third-order valence-corrected chi connectivity index (χ3v) is 4.86. The monoisotopic (exact) mass is 368 g/mol. The summed E-state index contributed by atoms with van der Waals surface area (Å²) in [5.74, 6) is 1.10. The number of ether oxygens (including phenoxy) is 2. The minimum Gasteiger partial charge on any atom is -0.491 e. The van der Waals surface area contributed by atoms with Crippen molar-refractivity contribution in [1.82, 2.24) is 4.90 Å². The molecule has 0 aliphatic carbocycles. The van der Waals surface area contributed by atoms with Gasteiger partial charge >= 0.3 is 0 Å². The number of hydrogen-bond donors (Lipinski definition) is 0. The Balaban J connectivity index is 1.43. The van der Waals surface area contributed by atoms with Crippen LogP contribution in [0.1, 0.15) is 12.0 Å². The van der Waals surface area contributed by atoms with Gasteiger partial charge < -0.3 is 19.3 Å². The van der Waals surface area contributed by atoms with Crippen molar-refractivity contribution in [2.45, 2.75) is 12.8 Å². The number of benzene rings is 2. The van der Waals surface area contributed by atoms with Gasteiger partial charge in [0.25, 0.3) is 0 Å². The fourth-order valence-electron chi connectivity index (χ4n) is 3.26. The number of methoxy groups -OCH3 is 1. The Bertz CT molecular complexity index is 695. The molecule has 1 fully saturated rings. The van der Waals surface area contributed by atoms with E-state index in [-0.39, 0.29) is 5.91 Å². The van der Waals surface area contributed by atoms with Crippen LogP contribution < -0.4 is 9.64 Å². The van der Waals surface area contributed by atoms with Gasteiger partial charge in [-0.3, -0.25) is 4.79 Å². The Morgan fingerprint density at radius 1 is 0.926 bits per heavy atom. The zero-order chi connectivity index (χ0) is 18.9. The first-order valence-electron chi connectivity index (χ1n) is 9.55. The second kappa shape index (κ2) is 9.97. The van der Waals surface area contributed by atoms with Crippen LogP contribution in [0.15, 0.2) is 54.6 Å². The highest BCUT2D eigenvalue weighted by atomic mass is 16.5. The van der Waals surface area contributed by atoms with Gasteiger partial charge in [0.1, 0.15) is 12.4 Å². The third-order valence-electron chi connectivity index (χ3n) is 4.86. The molecule has 2 aromatic rings. The van der Waals surface area contributed by atoms with Crippen molar-refractivity contribution in [3.63, 3.8) is 0 Å². The van der Waals surface area contributed by atoms with Crippen LogP contribution in [0.5, 0.6) is 5.75 Å². The van der Waals surface area contributed by atoms with Crippen molar-refractivity contribution in [2.24, 2.45) is 0 Å². The lowest BCUT2D eigenvalue weighted by atomic mass is 10.1. The minimum absolute atomic E-state index is 0.250. The standard InChI is InChI=1S/C22H28N2O3/c1-26-17-18-27-21-10-8-20(9-11-21)23-13-15-24(16-14-23)22(25)12-7-19-5-3-2-4-6-19/h2-6,8-11H,7,12-18H2,1H3. The van der Waals surface area contributed by atoms with Crippen molar-refractivity contribution in [3.8, 4) is 5.75 Å². The van der Waals surface area contributed by atoms with E-state index >= 15 is 0 Å². The molecule has 1 heterocycles. The van der Waals surface area contributed by atoms with E-state index in [0.29, 0.717) is 19.6 Å². The second-order valence-corrected chi connectivity index (χ2v) is 6.69. The van der Waals surface area contributed by atoms with Gasteiger partial charge in [0, 0.05) is 45.4 Å². The number of carbonyl (C=O) groups is 1. The molecule has 5 nitrogen and oxygen atoms in total. The molecule has 0 unspecified atom stereocenters. The smallest absolute Gasteiger partial charge is 0.223 e. The van der Waals surface area contributed by atoms with Gasteiger partial charge in [-0.1, -0.05) is 30.3 Å². The van der Waals surface area contributed by atoms with E-state index in [9.17, 15) is 4.79 Å². The number of carbonyl (C=O) groups excluding carboxylic acids is 1. The molecule has 0 spiro atoms. The van der Waals surface area contributed by atoms with Crippen molar-refractivity contribution < 1.29 is 14.3 Å². The Labute approximate surface area is 161 Å². The highest BCUT2D eigenvalue weighted by Gasteiger charge is 2.21. The molecule has 3 rings (SSSR count). The van der Waals surface area contributed by atoms with Gasteiger partial charge in [0.05, 0.1) is 6.61 Å². The predicted molar refractivity (Wildman–Crippen MR) is 107 cm³/mol. The maximum atomic E-state index is 12.5. The van der Waals surface area contributed by atoms with E-state index in [0.717, 1.165) is 38.3 Å². The topological polar surface area (TPSA) is 42.0 Å². The van der Waals surface area contributed by atoms with E-state index in [4.69, 9.17) is 9.47 Å². The summed E-state index contributed by atoms with van der Waals surface area (Å²) in [5, 5.41) is 0. The molecule has 0 aromatic heterocycles. The van der Waals surface area contributed by atoms with E-state index in [1.807, 2.05) is 35.2 Å². The molecule has 0 atom stereocenters. The van der Waals surface area contributed by atoms with E-state index in [1.54, 1.807) is 7.11 Å². The van der Waals surface area contributed by atoms with E-state index in [1.165, 1.54) is 11.3 Å². The largest absolute Gasteiger partial charge is 0.491 e. The molecule has 27 heavy (non-hydrogen) atoms. The lowest BCUT2D eigenvalue weighted by Crippen LogP contribution is -2.48. The average molecular weight is 368 g/mol. The summed E-state index contributed by atoms with van der Waals surface area (Å²) in [6.07, 6.45) is 1.39. The number of rotatable bonds is 8. The van der Waals surface area contributed by atoms with Crippen molar-refractivity contribution in [3.05, 3.63) is 60.2 Å². The summed E-state index contributed by atoms with van der Waals surface area (Å²) in [6.45, 7) is 4.42. The summed E-state index contributed by atoms with van der Waals surface area (Å²) < 4.78 is 10.6. The number of anilines is 1. The van der Waals surface area contributed by atoms with Crippen LogP contribution in [0.4, 0.5) is 5.69 Å². The fraction of sp³-hybridized carbons (Fsp3) is 0.409. The number of hydrogen-bond acceptors (Lipinski definition) is 4. The summed E-state index contributed by atoms with van der Waals surface area (Å²) in [4.78, 5) is 16.8. The molecular formula is C22H28N2O3. The quantitative estimate of drug-likeness (QED) is 0.672. The van der Waals surface area contributed by atoms with Gasteiger partial charge in [-0.05, 0) is 36.2 Å². The van der Waals surface area contributed by atoms with Crippen molar-refractivity contribution >= 4 is 11.6 Å². The first-order valence-corrected chi connectivity index (χ1v) is 9.55. The molecule has 2 aromatic carbocycles. The fourth-order valence-corrected chi connectivity index (χ4v) is 3.26. The third kappa shape index (κ3) is 5.73. The normalized spacial score (nSPS) is 14.3. The van der Waals surface area contributed by atoms with E-state index < -0.39 is 0 Å². The Hall–Kier alpha value is -2.53. The van der Waals surface area contributed by atoms with Crippen LogP contribution in [-0.4, -0.2) is 57.3 Å². The van der Waals surface area contributed by atoms with Crippen LogP contribution in [-0.2, 0) is 16.0 Å². The summed E-state index contributed by atoms with van der Waals surface area (Å²) in [5.41, 5.74) is 2.39. The van der Waals surface area contributed by atoms with Gasteiger partial charge in [-0.15, -0.1) is 0 Å². The number of nitrogens with zero attached hydrogens (tertiary/aromatic N) is 2. The number of aryl methyl sites for hydroxylation is 1. The molecule has 0 saturated carbocycles. The maximum absolute atomic E-state index is 12.5. The minimum atomic E-state index is 0.250. The van der Waals surface area contributed by atoms with Gasteiger partial charge in [0.15, 0.2) is 0 Å². The SMILES string of the molecule is COCCOc1ccc(N2CCN(C(=O)CCc3ccccc3)CC2)cc1. The van der Waals surface area contributed by atoms with E-state index in [2.05, 4.69) is 29.2 Å². The van der Waals surface area contributed by atoms with Gasteiger partial charge in [-0.25, -0.2) is 0 Å². The molecule has 0 bridgehead atoms. The maximum Gasteiger partial charge on any atom is 0.223 e. The second-order valence-electron chi connectivity index (χ2n) is 6.69. The lowest BCUT2D eigenvalue weighted by Gasteiger charge is -2.36. The number of amides is 1. The summed E-state index contributed by atoms with van der Waals surface area (Å²) in [7, 11) is 1.67. The molecule has 1 saturated heterocycles. The molecule has 1 aliphatic rings. The first-order chi connectivity index (χ1) is 13.3. The van der Waals surface area contributed by atoms with Crippen molar-refractivity contribution in [2.75, 3.05) is 51.4 Å². The summed E-state index contributed by atoms with van der Waals surface area (Å²) in [6, 6.07) is 18.3. The molecule has 144 valence electrons. The summed E-state index contributed by atoms with van der Waals surface area (Å²) >= 11 is 0. The average Bonchev–Trinajstić information content (AvgIpc) is 2.74. The van der Waals surface area contributed by atoms with Gasteiger partial charge in [0.2, 0.25) is 5.91 Å². The Morgan fingerprint density at radius 2 is 1.63 bits per heavy atom. The highest BCUT2D eigenvalue weighted by molar-refractivity contribution is 5.76. The van der Waals surface area contributed by atoms with Crippen LogP contribution >= 0.6 is 0 Å². The Morgan fingerprint density at radius 3 is 2.30 bits per heavy atom. The predicted octanol–water partition coefficient (Wildman–Crippen LogP) is 2.99. The van der Waals surface area contributed by atoms with Gasteiger partial charge in [-0.2, -0.15) is 0 Å². The Kier molecular flexibility index (Phi) is 7.11. The first kappa shape index (κ1) is 19.2. The highest BCUT2D eigenvalue weighted by Crippen LogP contribution is 2.21. The lowest BCUT2D eigenvalue weighted by molar-refractivity contribution is -0.131. The molecule has 0 radical (unpaired) electrons. The number of piperazine rings is 1.